The minimum absolute atomic E-state index is 0.285. The van der Waals surface area contributed by atoms with Crippen molar-refractivity contribution in [3.63, 3.8) is 0 Å². The van der Waals surface area contributed by atoms with E-state index in [4.69, 9.17) is 0 Å². The number of nitrogens with one attached hydrogen (secondary N) is 1. The van der Waals surface area contributed by atoms with E-state index in [9.17, 15) is 5.11 Å². The molecule has 1 fully saturated rings. The summed E-state index contributed by atoms with van der Waals surface area (Å²) in [6.07, 6.45) is 5.93. The summed E-state index contributed by atoms with van der Waals surface area (Å²) >= 11 is 1.60. The Kier molecular flexibility index (Phi) is 3.66. The summed E-state index contributed by atoms with van der Waals surface area (Å²) in [7, 11) is 1.96. The lowest BCUT2D eigenvalue weighted by Crippen LogP contribution is -2.29. The van der Waals surface area contributed by atoms with Crippen LogP contribution >= 0.6 is 11.8 Å². The monoisotopic (exact) mass is 227 g/mol. The molecule has 15 heavy (non-hydrogen) atoms. The third kappa shape index (κ3) is 3.52. The van der Waals surface area contributed by atoms with E-state index >= 15 is 0 Å². The number of aliphatic hydroxyl groups excluding tert-OH is 1. The van der Waals surface area contributed by atoms with Crippen LogP contribution in [0.2, 0.25) is 0 Å². The molecule has 1 atom stereocenters. The number of rotatable bonds is 6. The number of hydrogen-bond donors (Lipinski definition) is 2. The molecule has 1 aliphatic rings. The second-order valence-corrected chi connectivity index (χ2v) is 4.96. The van der Waals surface area contributed by atoms with Gasteiger partial charge in [-0.25, -0.2) is 4.98 Å². The van der Waals surface area contributed by atoms with Crippen molar-refractivity contribution in [1.82, 2.24) is 14.9 Å². The fraction of sp³-hybridized carbons (Fsp3) is 0.700. The second-order valence-electron chi connectivity index (χ2n) is 3.97. The molecule has 0 aliphatic heterocycles. The summed E-state index contributed by atoms with van der Waals surface area (Å²) in [6, 6.07) is 0.665. The molecule has 1 aromatic rings. The molecule has 2 N–H and O–H groups in total. The molecule has 1 aromatic heterocycles. The van der Waals surface area contributed by atoms with E-state index in [0.717, 1.165) is 5.16 Å². The molecule has 0 saturated heterocycles. The van der Waals surface area contributed by atoms with Gasteiger partial charge in [-0.15, -0.1) is 0 Å². The fourth-order valence-corrected chi connectivity index (χ4v) is 2.17. The first kappa shape index (κ1) is 11.0. The zero-order valence-corrected chi connectivity index (χ0v) is 9.70. The average Bonchev–Trinajstić information content (AvgIpc) is 2.96. The standard InChI is InChI=1S/C10H17N3OS/c1-13-5-4-11-10(13)15-7-9(14)6-12-8-2-3-8/h4-5,8-9,12,14H,2-3,6-7H2,1H3. The lowest BCUT2D eigenvalue weighted by Gasteiger charge is -2.10. The van der Waals surface area contributed by atoms with Gasteiger partial charge in [0.15, 0.2) is 5.16 Å². The molecule has 0 bridgehead atoms. The van der Waals surface area contributed by atoms with E-state index in [2.05, 4.69) is 10.3 Å². The minimum Gasteiger partial charge on any atom is -0.391 e. The highest BCUT2D eigenvalue weighted by Gasteiger charge is 2.21. The van der Waals surface area contributed by atoms with Gasteiger partial charge >= 0.3 is 0 Å². The van der Waals surface area contributed by atoms with Gasteiger partial charge in [0.1, 0.15) is 0 Å². The number of hydrogen-bond acceptors (Lipinski definition) is 4. The van der Waals surface area contributed by atoms with Crippen molar-refractivity contribution in [3.05, 3.63) is 12.4 Å². The molecule has 2 rings (SSSR count). The first-order valence-electron chi connectivity index (χ1n) is 5.27. The number of aromatic nitrogens is 2. The van der Waals surface area contributed by atoms with Crippen molar-refractivity contribution < 1.29 is 5.11 Å². The van der Waals surface area contributed by atoms with Crippen molar-refractivity contribution in [2.75, 3.05) is 12.3 Å². The molecule has 0 amide bonds. The van der Waals surface area contributed by atoms with E-state index in [-0.39, 0.29) is 6.10 Å². The predicted molar refractivity (Wildman–Crippen MR) is 61.0 cm³/mol. The molecule has 0 spiro atoms. The maximum Gasteiger partial charge on any atom is 0.167 e. The van der Waals surface area contributed by atoms with Gasteiger partial charge in [0.05, 0.1) is 6.10 Å². The van der Waals surface area contributed by atoms with Crippen LogP contribution in [-0.4, -0.2) is 39.1 Å². The van der Waals surface area contributed by atoms with E-state index in [1.165, 1.54) is 12.8 Å². The summed E-state index contributed by atoms with van der Waals surface area (Å²) in [4.78, 5) is 4.19. The number of aryl methyl sites for hydroxylation is 1. The molecule has 0 radical (unpaired) electrons. The van der Waals surface area contributed by atoms with Crippen LogP contribution in [0.25, 0.3) is 0 Å². The first-order valence-corrected chi connectivity index (χ1v) is 6.26. The van der Waals surface area contributed by atoms with Gasteiger partial charge in [-0.05, 0) is 12.8 Å². The summed E-state index contributed by atoms with van der Waals surface area (Å²) < 4.78 is 1.96. The first-order chi connectivity index (χ1) is 7.25. The van der Waals surface area contributed by atoms with Crippen molar-refractivity contribution in [2.45, 2.75) is 30.1 Å². The molecule has 4 nitrogen and oxygen atoms in total. The predicted octanol–water partition coefficient (Wildman–Crippen LogP) is 0.625. The third-order valence-electron chi connectivity index (χ3n) is 2.40. The zero-order valence-electron chi connectivity index (χ0n) is 8.89. The van der Waals surface area contributed by atoms with Crippen LogP contribution in [0.15, 0.2) is 17.6 Å². The quantitative estimate of drug-likeness (QED) is 0.700. The highest BCUT2D eigenvalue weighted by atomic mass is 32.2. The van der Waals surface area contributed by atoms with Crippen LogP contribution in [0.4, 0.5) is 0 Å². The Morgan fingerprint density at radius 3 is 3.13 bits per heavy atom. The lowest BCUT2D eigenvalue weighted by molar-refractivity contribution is 0.195. The van der Waals surface area contributed by atoms with Crippen molar-refractivity contribution in [2.24, 2.45) is 7.05 Å². The number of nitrogens with zero attached hydrogens (tertiary/aromatic N) is 2. The summed E-state index contributed by atoms with van der Waals surface area (Å²) in [5, 5.41) is 14.0. The second kappa shape index (κ2) is 5.01. The topological polar surface area (TPSA) is 50.1 Å². The Balaban J connectivity index is 1.65. The molecule has 1 unspecified atom stereocenters. The van der Waals surface area contributed by atoms with Gasteiger partial charge in [-0.2, -0.15) is 0 Å². The number of thioether (sulfide) groups is 1. The number of imidazole rings is 1. The van der Waals surface area contributed by atoms with Crippen LogP contribution in [0.5, 0.6) is 0 Å². The summed E-state index contributed by atoms with van der Waals surface area (Å²) in [5.74, 6) is 0.699. The fourth-order valence-electron chi connectivity index (χ4n) is 1.31. The van der Waals surface area contributed by atoms with Gasteiger partial charge < -0.3 is 15.0 Å². The Morgan fingerprint density at radius 1 is 1.73 bits per heavy atom. The molecule has 0 aromatic carbocycles. The molecule has 1 aliphatic carbocycles. The lowest BCUT2D eigenvalue weighted by atomic mass is 10.4. The van der Waals surface area contributed by atoms with E-state index < -0.39 is 0 Å². The molecular formula is C10H17N3OS. The van der Waals surface area contributed by atoms with Gasteiger partial charge in [0.2, 0.25) is 0 Å². The maximum absolute atomic E-state index is 9.70. The summed E-state index contributed by atoms with van der Waals surface area (Å²) in [5.41, 5.74) is 0. The maximum atomic E-state index is 9.70. The largest absolute Gasteiger partial charge is 0.391 e. The van der Waals surface area contributed by atoms with Crippen molar-refractivity contribution >= 4 is 11.8 Å². The van der Waals surface area contributed by atoms with E-state index in [0.29, 0.717) is 18.3 Å². The van der Waals surface area contributed by atoms with Crippen molar-refractivity contribution in [3.8, 4) is 0 Å². The number of aliphatic hydroxyl groups is 1. The van der Waals surface area contributed by atoms with Crippen LogP contribution in [-0.2, 0) is 7.05 Å². The van der Waals surface area contributed by atoms with E-state index in [1.54, 1.807) is 18.0 Å². The normalized spacial score (nSPS) is 18.0. The van der Waals surface area contributed by atoms with Gasteiger partial charge in [0, 0.05) is 37.8 Å². The highest BCUT2D eigenvalue weighted by Crippen LogP contribution is 2.19. The van der Waals surface area contributed by atoms with Gasteiger partial charge in [0.25, 0.3) is 0 Å². The van der Waals surface area contributed by atoms with Crippen LogP contribution in [0.1, 0.15) is 12.8 Å². The van der Waals surface area contributed by atoms with Crippen LogP contribution in [0.3, 0.4) is 0 Å². The SMILES string of the molecule is Cn1ccnc1SCC(O)CNC1CC1. The van der Waals surface area contributed by atoms with E-state index in [1.807, 2.05) is 17.8 Å². The smallest absolute Gasteiger partial charge is 0.167 e. The Morgan fingerprint density at radius 2 is 2.53 bits per heavy atom. The van der Waals surface area contributed by atoms with Gasteiger partial charge in [-0.3, -0.25) is 0 Å². The Hall–Kier alpha value is -0.520. The highest BCUT2D eigenvalue weighted by molar-refractivity contribution is 7.99. The third-order valence-corrected chi connectivity index (χ3v) is 3.60. The van der Waals surface area contributed by atoms with Gasteiger partial charge in [-0.1, -0.05) is 11.8 Å². The Bertz CT molecular complexity index is 311. The van der Waals surface area contributed by atoms with Crippen LogP contribution < -0.4 is 5.32 Å². The van der Waals surface area contributed by atoms with Crippen molar-refractivity contribution in [1.29, 1.82) is 0 Å². The molecule has 1 saturated carbocycles. The molecule has 1 heterocycles. The summed E-state index contributed by atoms with van der Waals surface area (Å²) in [6.45, 7) is 0.697. The Labute approximate surface area is 94.1 Å². The zero-order chi connectivity index (χ0) is 10.7. The molecule has 5 heteroatoms. The molecular weight excluding hydrogens is 210 g/mol. The van der Waals surface area contributed by atoms with Crippen LogP contribution in [0, 0.1) is 0 Å². The molecule has 84 valence electrons. The average molecular weight is 227 g/mol. The minimum atomic E-state index is -0.285.